The molecule has 3 heterocycles. The van der Waals surface area contributed by atoms with E-state index in [4.69, 9.17) is 20.4 Å². The van der Waals surface area contributed by atoms with Crippen LogP contribution in [0.15, 0.2) is 24.3 Å². The second-order valence-corrected chi connectivity index (χ2v) is 9.89. The lowest BCUT2D eigenvalue weighted by Crippen LogP contribution is -2.37. The Balaban J connectivity index is 1.48. The molecule has 1 saturated carbocycles. The van der Waals surface area contributed by atoms with Crippen molar-refractivity contribution in [3.63, 3.8) is 0 Å². The summed E-state index contributed by atoms with van der Waals surface area (Å²) in [5.74, 6) is 1.44. The number of rotatable bonds is 7. The predicted molar refractivity (Wildman–Crippen MR) is 132 cm³/mol. The number of morpholine rings is 1. The van der Waals surface area contributed by atoms with Crippen LogP contribution in [0.2, 0.25) is 0 Å². The molecule has 2 fully saturated rings. The van der Waals surface area contributed by atoms with Gasteiger partial charge in [-0.2, -0.15) is 4.98 Å². The maximum atomic E-state index is 14.1. The number of benzene rings is 1. The van der Waals surface area contributed by atoms with E-state index in [0.29, 0.717) is 61.1 Å². The van der Waals surface area contributed by atoms with Gasteiger partial charge in [-0.25, -0.2) is 18.7 Å². The average Bonchev–Trinajstić information content (AvgIpc) is 3.25. The van der Waals surface area contributed by atoms with Gasteiger partial charge in [0, 0.05) is 30.9 Å². The molecule has 3 aromatic rings. The lowest BCUT2D eigenvalue weighted by Gasteiger charge is -2.28. The molecule has 188 valence electrons. The van der Waals surface area contributed by atoms with Crippen LogP contribution in [0.5, 0.6) is 0 Å². The third-order valence-electron chi connectivity index (χ3n) is 7.24. The van der Waals surface area contributed by atoms with Crippen LogP contribution in [-0.4, -0.2) is 51.9 Å². The number of imidazole rings is 1. The maximum absolute atomic E-state index is 14.1. The molecule has 1 aliphatic heterocycles. The molecule has 2 aliphatic rings. The van der Waals surface area contributed by atoms with Crippen LogP contribution in [0.25, 0.3) is 16.9 Å². The third kappa shape index (κ3) is 5.46. The van der Waals surface area contributed by atoms with Crippen molar-refractivity contribution in [1.82, 2.24) is 19.5 Å². The fraction of sp³-hybridized carbons (Fsp3) is 0.577. The van der Waals surface area contributed by atoms with Gasteiger partial charge >= 0.3 is 0 Å². The fourth-order valence-electron chi connectivity index (χ4n) is 5.26. The first kappa shape index (κ1) is 24.1. The minimum Gasteiger partial charge on any atom is -0.378 e. The monoisotopic (exact) mass is 484 g/mol. The van der Waals surface area contributed by atoms with Crippen LogP contribution in [-0.2, 0) is 11.2 Å². The molecule has 0 radical (unpaired) electrons. The number of aryl methyl sites for hydroxylation is 2. The first-order chi connectivity index (χ1) is 17.0. The van der Waals surface area contributed by atoms with E-state index in [1.165, 1.54) is 17.4 Å². The molecule has 9 heteroatoms. The van der Waals surface area contributed by atoms with Gasteiger partial charge in [0.25, 0.3) is 6.43 Å². The van der Waals surface area contributed by atoms with E-state index in [1.807, 2.05) is 25.1 Å². The van der Waals surface area contributed by atoms with Crippen LogP contribution >= 0.6 is 0 Å². The van der Waals surface area contributed by atoms with Crippen molar-refractivity contribution in [3.05, 3.63) is 41.3 Å². The zero-order chi connectivity index (χ0) is 24.4. The zero-order valence-corrected chi connectivity index (χ0v) is 20.3. The number of halogens is 2. The summed E-state index contributed by atoms with van der Waals surface area (Å²) in [7, 11) is 0. The Bertz CT molecular complexity index is 1150. The van der Waals surface area contributed by atoms with Gasteiger partial charge in [-0.15, -0.1) is 0 Å². The molecule has 0 amide bonds. The molecule has 0 spiro atoms. The number of hydrogen-bond donors (Lipinski definition) is 1. The van der Waals surface area contributed by atoms with E-state index in [-0.39, 0.29) is 5.82 Å². The van der Waals surface area contributed by atoms with Crippen LogP contribution in [0.4, 0.5) is 14.7 Å². The Morgan fingerprint density at radius 3 is 2.57 bits per heavy atom. The first-order valence-corrected chi connectivity index (χ1v) is 12.7. The molecule has 0 bridgehead atoms. The van der Waals surface area contributed by atoms with Gasteiger partial charge in [-0.05, 0) is 69.1 Å². The van der Waals surface area contributed by atoms with Gasteiger partial charge in [-0.3, -0.25) is 4.57 Å². The summed E-state index contributed by atoms with van der Waals surface area (Å²) in [6.45, 7) is 4.50. The summed E-state index contributed by atoms with van der Waals surface area (Å²) in [6.07, 6.45) is 4.79. The molecule has 7 nitrogen and oxygen atoms in total. The molecule has 2 aromatic heterocycles. The Kier molecular flexibility index (Phi) is 7.24. The molecule has 1 aromatic carbocycles. The number of ether oxygens (including phenoxy) is 1. The fourth-order valence-corrected chi connectivity index (χ4v) is 5.26. The summed E-state index contributed by atoms with van der Waals surface area (Å²) in [5, 5.41) is 0. The number of fused-ring (bicyclic) bond motifs is 1. The van der Waals surface area contributed by atoms with Crippen molar-refractivity contribution in [3.8, 4) is 5.82 Å². The Labute approximate surface area is 204 Å². The van der Waals surface area contributed by atoms with E-state index in [0.717, 1.165) is 43.4 Å². The van der Waals surface area contributed by atoms with Crippen molar-refractivity contribution in [2.45, 2.75) is 64.3 Å². The van der Waals surface area contributed by atoms with Crippen molar-refractivity contribution in [1.29, 1.82) is 0 Å². The number of nitrogens with two attached hydrogens (primary N) is 1. The van der Waals surface area contributed by atoms with E-state index in [9.17, 15) is 8.78 Å². The minimum atomic E-state index is -2.72. The highest BCUT2D eigenvalue weighted by atomic mass is 19.3. The number of aromatic nitrogens is 4. The van der Waals surface area contributed by atoms with E-state index in [2.05, 4.69) is 9.88 Å². The van der Waals surface area contributed by atoms with E-state index in [1.54, 1.807) is 6.07 Å². The SMILES string of the molecule is Cc1ccc2nc(C(F)F)n(-c3cc(CCCC4CCC(N)CC4)nc(N4CCOCC4)n3)c2c1. The second-order valence-electron chi connectivity index (χ2n) is 9.89. The summed E-state index contributed by atoms with van der Waals surface area (Å²) in [6, 6.07) is 7.77. The molecular formula is C26H34F2N6O. The minimum absolute atomic E-state index is 0.290. The maximum Gasteiger partial charge on any atom is 0.296 e. The van der Waals surface area contributed by atoms with Crippen molar-refractivity contribution in [2.24, 2.45) is 11.7 Å². The van der Waals surface area contributed by atoms with Gasteiger partial charge in [0.15, 0.2) is 5.82 Å². The topological polar surface area (TPSA) is 82.1 Å². The van der Waals surface area contributed by atoms with Crippen LogP contribution < -0.4 is 10.6 Å². The van der Waals surface area contributed by atoms with Crippen LogP contribution in [0, 0.1) is 12.8 Å². The van der Waals surface area contributed by atoms with Gasteiger partial charge in [0.05, 0.1) is 24.2 Å². The molecule has 0 unspecified atom stereocenters. The molecule has 2 N–H and O–H groups in total. The Morgan fingerprint density at radius 1 is 1.06 bits per heavy atom. The summed E-state index contributed by atoms with van der Waals surface area (Å²) in [5.41, 5.74) is 9.08. The molecular weight excluding hydrogens is 450 g/mol. The van der Waals surface area contributed by atoms with Gasteiger partial charge in [-0.1, -0.05) is 12.5 Å². The van der Waals surface area contributed by atoms with E-state index < -0.39 is 6.43 Å². The average molecular weight is 485 g/mol. The highest BCUT2D eigenvalue weighted by Crippen LogP contribution is 2.30. The second kappa shape index (κ2) is 10.5. The summed E-state index contributed by atoms with van der Waals surface area (Å²) >= 11 is 0. The van der Waals surface area contributed by atoms with Crippen LogP contribution in [0.3, 0.4) is 0 Å². The lowest BCUT2D eigenvalue weighted by molar-refractivity contribution is 0.122. The van der Waals surface area contributed by atoms with Crippen molar-refractivity contribution >= 4 is 17.0 Å². The quantitative estimate of drug-likeness (QED) is 0.522. The Hall–Kier alpha value is -2.65. The summed E-state index contributed by atoms with van der Waals surface area (Å²) < 4.78 is 35.2. The van der Waals surface area contributed by atoms with Gasteiger partial charge in [0.2, 0.25) is 5.95 Å². The largest absolute Gasteiger partial charge is 0.378 e. The highest BCUT2D eigenvalue weighted by molar-refractivity contribution is 5.79. The molecule has 0 atom stereocenters. The van der Waals surface area contributed by atoms with Gasteiger partial charge in [0.1, 0.15) is 5.82 Å². The van der Waals surface area contributed by atoms with Crippen LogP contribution in [0.1, 0.15) is 62.0 Å². The standard InChI is InChI=1S/C26H34F2N6O/c1-17-5-10-21-22(15-17)34(25(31-21)24(27)28)23-16-20(4-2-3-18-6-8-19(29)9-7-18)30-26(32-23)33-11-13-35-14-12-33/h5,10,15-16,18-19,24H,2-4,6-9,11-14,29H2,1H3. The predicted octanol–water partition coefficient (Wildman–Crippen LogP) is 4.74. The molecule has 5 rings (SSSR count). The number of hydrogen-bond acceptors (Lipinski definition) is 6. The number of alkyl halides is 2. The number of anilines is 1. The number of nitrogens with zero attached hydrogens (tertiary/aromatic N) is 5. The molecule has 35 heavy (non-hydrogen) atoms. The Morgan fingerprint density at radius 2 is 1.83 bits per heavy atom. The smallest absolute Gasteiger partial charge is 0.296 e. The van der Waals surface area contributed by atoms with Gasteiger partial charge < -0.3 is 15.4 Å². The lowest BCUT2D eigenvalue weighted by atomic mass is 9.83. The first-order valence-electron chi connectivity index (χ1n) is 12.7. The van der Waals surface area contributed by atoms with E-state index >= 15 is 0 Å². The third-order valence-corrected chi connectivity index (χ3v) is 7.24. The summed E-state index contributed by atoms with van der Waals surface area (Å²) in [4.78, 5) is 15.9. The zero-order valence-electron chi connectivity index (χ0n) is 20.3. The van der Waals surface area contributed by atoms with Crippen molar-refractivity contribution < 1.29 is 13.5 Å². The normalized spacial score (nSPS) is 21.2. The van der Waals surface area contributed by atoms with Crippen molar-refractivity contribution in [2.75, 3.05) is 31.2 Å². The highest BCUT2D eigenvalue weighted by Gasteiger charge is 2.24. The molecule has 1 aliphatic carbocycles. The molecule has 1 saturated heterocycles.